The molecule has 1 amide bonds. The second-order valence-electron chi connectivity index (χ2n) is 22.1. The Balaban J connectivity index is 2.28. The van der Waals surface area contributed by atoms with Crippen molar-refractivity contribution in [2.75, 3.05) is 13.2 Å². The number of unbranched alkanes of at least 4 members (excludes halogenated alkanes) is 36. The van der Waals surface area contributed by atoms with Gasteiger partial charge in [0.15, 0.2) is 6.29 Å². The summed E-state index contributed by atoms with van der Waals surface area (Å²) < 4.78 is 11.1. The predicted octanol–water partition coefficient (Wildman–Crippen LogP) is 13.9. The molecular weight excluding hydrogens is 931 g/mol. The maximum atomic E-state index is 13.2. The minimum Gasteiger partial charge on any atom is -0.394 e. The van der Waals surface area contributed by atoms with E-state index in [1.807, 2.05) is 0 Å². The van der Waals surface area contributed by atoms with Crippen LogP contribution in [0.1, 0.15) is 290 Å². The van der Waals surface area contributed by atoms with Crippen LogP contribution in [0.5, 0.6) is 0 Å². The van der Waals surface area contributed by atoms with E-state index in [9.17, 15) is 40.5 Å². The van der Waals surface area contributed by atoms with E-state index >= 15 is 0 Å². The van der Waals surface area contributed by atoms with Crippen LogP contribution in [0.15, 0.2) is 36.5 Å². The lowest BCUT2D eigenvalue weighted by atomic mass is 9.98. The molecule has 0 radical (unpaired) electrons. The summed E-state index contributed by atoms with van der Waals surface area (Å²) in [6.45, 7) is 3.46. The maximum absolute atomic E-state index is 13.2. The monoisotopic (exact) mass is 1050 g/mol. The van der Waals surface area contributed by atoms with E-state index in [1.54, 1.807) is 0 Å². The fraction of sp³-hybridized carbons (Fsp3) is 0.889. The van der Waals surface area contributed by atoms with Crippen molar-refractivity contribution in [1.82, 2.24) is 5.32 Å². The van der Waals surface area contributed by atoms with Crippen LogP contribution in [0, 0.1) is 0 Å². The molecule has 0 bridgehead atoms. The van der Waals surface area contributed by atoms with Crippen LogP contribution in [0.25, 0.3) is 0 Å². The van der Waals surface area contributed by atoms with E-state index in [2.05, 4.69) is 55.6 Å². The van der Waals surface area contributed by atoms with Gasteiger partial charge in [0, 0.05) is 0 Å². The molecule has 0 aliphatic carbocycles. The van der Waals surface area contributed by atoms with Gasteiger partial charge in [0.05, 0.1) is 25.4 Å². The molecule has 0 aromatic carbocycles. The van der Waals surface area contributed by atoms with Crippen LogP contribution >= 0.6 is 0 Å². The molecule has 1 aliphatic rings. The molecule has 1 aliphatic heterocycles. The smallest absolute Gasteiger partial charge is 0.249 e. The Morgan fingerprint density at radius 1 is 0.459 bits per heavy atom. The Hall–Kier alpha value is -1.67. The van der Waals surface area contributed by atoms with Gasteiger partial charge in [-0.15, -0.1) is 0 Å². The van der Waals surface area contributed by atoms with Gasteiger partial charge in [0.2, 0.25) is 5.91 Å². The van der Waals surface area contributed by atoms with Crippen molar-refractivity contribution in [3.8, 4) is 0 Å². The normalized spacial score (nSPS) is 20.0. The first-order chi connectivity index (χ1) is 36.2. The van der Waals surface area contributed by atoms with Crippen molar-refractivity contribution in [3.05, 3.63) is 36.5 Å². The van der Waals surface area contributed by atoms with Crippen molar-refractivity contribution in [2.45, 2.75) is 345 Å². The number of aliphatic hydroxyl groups is 7. The number of hydrogen-bond acceptors (Lipinski definition) is 10. The Labute approximate surface area is 454 Å². The molecule has 1 fully saturated rings. The fourth-order valence-electron chi connectivity index (χ4n) is 10.1. The van der Waals surface area contributed by atoms with Gasteiger partial charge in [-0.05, 0) is 64.2 Å². The summed E-state index contributed by atoms with van der Waals surface area (Å²) in [7, 11) is 0. The Bertz CT molecular complexity index is 1300. The van der Waals surface area contributed by atoms with Crippen molar-refractivity contribution < 1.29 is 50.0 Å². The molecule has 0 aromatic rings. The lowest BCUT2D eigenvalue weighted by molar-refractivity contribution is -0.303. The molecule has 9 atom stereocenters. The van der Waals surface area contributed by atoms with Crippen LogP contribution in [0.4, 0.5) is 0 Å². The molecule has 0 saturated carbocycles. The highest BCUT2D eigenvalue weighted by molar-refractivity contribution is 5.80. The third kappa shape index (κ3) is 39.7. The van der Waals surface area contributed by atoms with Crippen molar-refractivity contribution in [3.63, 3.8) is 0 Å². The van der Waals surface area contributed by atoms with Gasteiger partial charge in [0.25, 0.3) is 0 Å². The van der Waals surface area contributed by atoms with E-state index < -0.39 is 74.2 Å². The topological polar surface area (TPSA) is 189 Å². The molecule has 1 rings (SSSR count). The molecule has 0 spiro atoms. The summed E-state index contributed by atoms with van der Waals surface area (Å²) in [5.41, 5.74) is 0. The van der Waals surface area contributed by atoms with Crippen LogP contribution in [0.3, 0.4) is 0 Å². The number of ether oxygens (including phenoxy) is 2. The number of allylic oxidation sites excluding steroid dienone is 6. The highest BCUT2D eigenvalue weighted by Gasteiger charge is 2.44. The van der Waals surface area contributed by atoms with E-state index in [1.165, 1.54) is 199 Å². The average Bonchev–Trinajstić information content (AvgIpc) is 3.40. The summed E-state index contributed by atoms with van der Waals surface area (Å²) in [5, 5.41) is 76.2. The molecule has 0 aromatic heterocycles. The number of carbonyl (C=O) groups excluding carboxylic acids is 1. The molecule has 436 valence electrons. The first-order valence-corrected chi connectivity index (χ1v) is 31.4. The van der Waals surface area contributed by atoms with Gasteiger partial charge < -0.3 is 50.5 Å². The zero-order valence-electron chi connectivity index (χ0n) is 47.8. The summed E-state index contributed by atoms with van der Waals surface area (Å²) >= 11 is 0. The van der Waals surface area contributed by atoms with E-state index in [-0.39, 0.29) is 12.8 Å². The molecule has 1 saturated heterocycles. The van der Waals surface area contributed by atoms with Gasteiger partial charge >= 0.3 is 0 Å². The number of aliphatic hydroxyl groups excluding tert-OH is 7. The molecular formula is C63H119NO10. The van der Waals surface area contributed by atoms with Gasteiger partial charge in [-0.25, -0.2) is 0 Å². The molecule has 11 heteroatoms. The number of carbonyl (C=O) groups is 1. The number of amides is 1. The standard InChI is InChI=1S/C63H119NO10/c1-3-5-7-9-11-13-15-17-19-21-23-25-26-27-28-29-30-31-33-35-37-39-41-43-45-47-49-51-56(67)62(72)64-54(53-73-63-61(71)60(70)59(69)57(52-65)74-63)58(68)55(66)50-48-46-44-42-40-38-36-34-32-24-22-20-18-16-14-12-10-8-6-4-2/h20,22,34,36,42,44,54-61,63,65-71H,3-19,21,23-33,35,37-41,43,45-53H2,1-2H3,(H,64,72)/b22-20+,36-34+,44-42+. The van der Waals surface area contributed by atoms with E-state index in [0.29, 0.717) is 19.3 Å². The third-order valence-corrected chi connectivity index (χ3v) is 15.2. The first-order valence-electron chi connectivity index (χ1n) is 31.4. The highest BCUT2D eigenvalue weighted by Crippen LogP contribution is 2.23. The molecule has 11 nitrogen and oxygen atoms in total. The van der Waals surface area contributed by atoms with Gasteiger partial charge in [-0.1, -0.05) is 262 Å². The van der Waals surface area contributed by atoms with Crippen molar-refractivity contribution in [2.24, 2.45) is 0 Å². The lowest BCUT2D eigenvalue weighted by Crippen LogP contribution is -2.60. The molecule has 8 N–H and O–H groups in total. The Morgan fingerprint density at radius 2 is 0.811 bits per heavy atom. The zero-order chi connectivity index (χ0) is 54.0. The summed E-state index contributed by atoms with van der Waals surface area (Å²) in [6.07, 6.45) is 53.5. The Kier molecular flexibility index (Phi) is 49.5. The van der Waals surface area contributed by atoms with E-state index in [4.69, 9.17) is 9.47 Å². The summed E-state index contributed by atoms with van der Waals surface area (Å²) in [4.78, 5) is 13.2. The first kappa shape index (κ1) is 70.3. The van der Waals surface area contributed by atoms with Gasteiger partial charge in [0.1, 0.15) is 36.6 Å². The second-order valence-corrected chi connectivity index (χ2v) is 22.1. The second kappa shape index (κ2) is 52.1. The molecule has 1 heterocycles. The van der Waals surface area contributed by atoms with Crippen molar-refractivity contribution in [1.29, 1.82) is 0 Å². The molecule has 9 unspecified atom stereocenters. The number of nitrogens with one attached hydrogen (secondary N) is 1. The predicted molar refractivity (Wildman–Crippen MR) is 307 cm³/mol. The van der Waals surface area contributed by atoms with Crippen LogP contribution in [-0.4, -0.2) is 110 Å². The zero-order valence-corrected chi connectivity index (χ0v) is 47.8. The van der Waals surface area contributed by atoms with Crippen LogP contribution in [0.2, 0.25) is 0 Å². The Morgan fingerprint density at radius 3 is 1.20 bits per heavy atom. The molecule has 74 heavy (non-hydrogen) atoms. The quantitative estimate of drug-likeness (QED) is 0.0215. The van der Waals surface area contributed by atoms with Crippen LogP contribution < -0.4 is 5.32 Å². The number of hydrogen-bond donors (Lipinski definition) is 8. The summed E-state index contributed by atoms with van der Waals surface area (Å²) in [5.74, 6) is -0.708. The highest BCUT2D eigenvalue weighted by atomic mass is 16.7. The minimum atomic E-state index is -1.67. The third-order valence-electron chi connectivity index (χ3n) is 15.2. The fourth-order valence-corrected chi connectivity index (χ4v) is 10.1. The van der Waals surface area contributed by atoms with Gasteiger partial charge in [-0.3, -0.25) is 4.79 Å². The summed E-state index contributed by atoms with van der Waals surface area (Å²) in [6, 6.07) is -1.19. The van der Waals surface area contributed by atoms with Crippen molar-refractivity contribution >= 4 is 5.91 Å². The van der Waals surface area contributed by atoms with Gasteiger partial charge in [-0.2, -0.15) is 0 Å². The number of rotatable bonds is 54. The SMILES string of the molecule is CCCCCCCCC/C=C/CC/C=C/CC/C=C/CCCC(O)C(O)C(COC1OC(CO)C(O)C(O)C1O)NC(=O)C(O)CCCCCCCCCCCCCCCCCCCCCCCCCCCCC. The largest absolute Gasteiger partial charge is 0.394 e. The average molecular weight is 1050 g/mol. The van der Waals surface area contributed by atoms with Crippen LogP contribution in [-0.2, 0) is 14.3 Å². The maximum Gasteiger partial charge on any atom is 0.249 e. The minimum absolute atomic E-state index is 0.243. The van der Waals surface area contributed by atoms with E-state index in [0.717, 1.165) is 44.9 Å². The lowest BCUT2D eigenvalue weighted by Gasteiger charge is -2.40.